The molecule has 162 valence electrons. The van der Waals surface area contributed by atoms with Gasteiger partial charge in [-0.1, -0.05) is 59.3 Å². The van der Waals surface area contributed by atoms with Crippen LogP contribution < -0.4 is 4.90 Å². The molecule has 0 spiro atoms. The van der Waals surface area contributed by atoms with Crippen molar-refractivity contribution in [3.63, 3.8) is 0 Å². The zero-order valence-electron chi connectivity index (χ0n) is 16.4. The second kappa shape index (κ2) is 9.50. The smallest absolute Gasteiger partial charge is 0.303 e. The normalized spacial score (nSPS) is 15.1. The minimum Gasteiger partial charge on any atom is -0.481 e. The van der Waals surface area contributed by atoms with E-state index in [0.29, 0.717) is 42.9 Å². The molecule has 0 atom stereocenters. The topological polar surface area (TPSA) is 70.8 Å². The Morgan fingerprint density at radius 2 is 1.84 bits per heavy atom. The predicted molar refractivity (Wildman–Crippen MR) is 132 cm³/mol. The molecule has 3 aromatic rings. The van der Waals surface area contributed by atoms with E-state index in [2.05, 4.69) is 0 Å². The van der Waals surface area contributed by atoms with Gasteiger partial charge in [-0.15, -0.1) is 0 Å². The van der Waals surface area contributed by atoms with Gasteiger partial charge in [0.05, 0.1) is 20.6 Å². The molecule has 1 aliphatic rings. The van der Waals surface area contributed by atoms with E-state index in [0.717, 1.165) is 11.1 Å². The van der Waals surface area contributed by atoms with Gasteiger partial charge >= 0.3 is 5.97 Å². The van der Waals surface area contributed by atoms with Crippen molar-refractivity contribution in [3.8, 4) is 11.3 Å². The zero-order valence-corrected chi connectivity index (χ0v) is 19.5. The summed E-state index contributed by atoms with van der Waals surface area (Å²) in [5, 5.41) is 9.70. The van der Waals surface area contributed by atoms with Gasteiger partial charge in [0, 0.05) is 18.1 Å². The maximum atomic E-state index is 13.0. The molecule has 2 heterocycles. The molecule has 1 saturated heterocycles. The number of nitrogens with zero attached hydrogens (tertiary/aromatic N) is 1. The molecule has 4 rings (SSSR count). The van der Waals surface area contributed by atoms with E-state index in [-0.39, 0.29) is 12.3 Å². The lowest BCUT2D eigenvalue weighted by atomic mass is 10.1. The van der Waals surface area contributed by atoms with Crippen molar-refractivity contribution in [1.29, 1.82) is 0 Å². The van der Waals surface area contributed by atoms with Gasteiger partial charge in [0.15, 0.2) is 4.32 Å². The van der Waals surface area contributed by atoms with Gasteiger partial charge < -0.3 is 9.52 Å². The van der Waals surface area contributed by atoms with Crippen molar-refractivity contribution in [1.82, 2.24) is 0 Å². The lowest BCUT2D eigenvalue weighted by Crippen LogP contribution is -2.27. The molecule has 0 aliphatic carbocycles. The summed E-state index contributed by atoms with van der Waals surface area (Å²) >= 11 is 18.6. The number of anilines is 1. The van der Waals surface area contributed by atoms with Crippen LogP contribution in [0.2, 0.25) is 10.0 Å². The second-order valence-corrected chi connectivity index (χ2v) is 9.40. The Hall–Kier alpha value is -2.58. The van der Waals surface area contributed by atoms with E-state index in [1.165, 1.54) is 16.7 Å². The minimum atomic E-state index is -0.851. The average molecular weight is 504 g/mol. The molecule has 1 amide bonds. The first kappa shape index (κ1) is 22.6. The number of thiocarbonyl (C=S) groups is 1. The Morgan fingerprint density at radius 3 is 2.53 bits per heavy atom. The molecule has 32 heavy (non-hydrogen) atoms. The number of rotatable bonds is 6. The largest absolute Gasteiger partial charge is 0.481 e. The lowest BCUT2D eigenvalue weighted by molar-refractivity contribution is -0.137. The van der Waals surface area contributed by atoms with Crippen molar-refractivity contribution in [2.24, 2.45) is 0 Å². The van der Waals surface area contributed by atoms with E-state index in [9.17, 15) is 9.59 Å². The number of hydrogen-bond acceptors (Lipinski definition) is 5. The van der Waals surface area contributed by atoms with Gasteiger partial charge in [-0.3, -0.25) is 14.5 Å². The van der Waals surface area contributed by atoms with Crippen LogP contribution in [0.15, 0.2) is 63.9 Å². The fraction of sp³-hybridized carbons (Fsp3) is 0.0870. The number of furan rings is 1. The molecule has 2 aromatic carbocycles. The Bertz CT molecular complexity index is 1250. The maximum absolute atomic E-state index is 13.0. The van der Waals surface area contributed by atoms with Crippen molar-refractivity contribution >= 4 is 75.1 Å². The third-order valence-electron chi connectivity index (χ3n) is 4.72. The molecular weight excluding hydrogens is 489 g/mol. The van der Waals surface area contributed by atoms with Crippen LogP contribution in [0.4, 0.5) is 5.69 Å². The van der Waals surface area contributed by atoms with Crippen molar-refractivity contribution in [2.75, 3.05) is 4.90 Å². The molecule has 0 unspecified atom stereocenters. The average Bonchev–Trinajstić information content (AvgIpc) is 3.33. The SMILES string of the molecule is O=C(O)CCc1ccc(N2C(=O)C(=Cc3ccc(-c4ccc(Cl)c(Cl)c4)o3)SC2=S)cc1. The van der Waals surface area contributed by atoms with Crippen LogP contribution in [0, 0.1) is 0 Å². The first-order valence-electron chi connectivity index (χ1n) is 9.46. The number of amides is 1. The molecule has 1 aromatic heterocycles. The molecule has 1 N–H and O–H groups in total. The summed E-state index contributed by atoms with van der Waals surface area (Å²) in [5.74, 6) is 0.0139. The summed E-state index contributed by atoms with van der Waals surface area (Å²) in [5.41, 5.74) is 2.28. The number of aliphatic carboxylic acids is 1. The number of carbonyl (C=O) groups excluding carboxylic acids is 1. The van der Waals surface area contributed by atoms with Crippen LogP contribution in [-0.4, -0.2) is 21.3 Å². The van der Waals surface area contributed by atoms with E-state index in [4.69, 9.17) is 44.9 Å². The predicted octanol–water partition coefficient (Wildman–Crippen LogP) is 6.68. The number of halogens is 2. The van der Waals surface area contributed by atoms with Crippen molar-refractivity contribution in [3.05, 3.63) is 80.9 Å². The van der Waals surface area contributed by atoms with Crippen LogP contribution in [-0.2, 0) is 16.0 Å². The van der Waals surface area contributed by atoms with Crippen LogP contribution in [0.25, 0.3) is 17.4 Å². The number of carboxylic acids is 1. The van der Waals surface area contributed by atoms with Crippen LogP contribution in [0.3, 0.4) is 0 Å². The monoisotopic (exact) mass is 503 g/mol. The Kier molecular flexibility index (Phi) is 6.71. The molecule has 0 bridgehead atoms. The van der Waals surface area contributed by atoms with Gasteiger partial charge in [0.1, 0.15) is 11.5 Å². The van der Waals surface area contributed by atoms with Gasteiger partial charge in [-0.25, -0.2) is 0 Å². The summed E-state index contributed by atoms with van der Waals surface area (Å²) < 4.78 is 6.27. The fourth-order valence-electron chi connectivity index (χ4n) is 3.12. The summed E-state index contributed by atoms with van der Waals surface area (Å²) in [6.45, 7) is 0. The van der Waals surface area contributed by atoms with E-state index in [1.54, 1.807) is 60.7 Å². The maximum Gasteiger partial charge on any atom is 0.303 e. The lowest BCUT2D eigenvalue weighted by Gasteiger charge is -2.14. The molecule has 1 fully saturated rings. The van der Waals surface area contributed by atoms with Gasteiger partial charge in [0.2, 0.25) is 0 Å². The van der Waals surface area contributed by atoms with E-state index in [1.807, 2.05) is 0 Å². The standard InChI is InChI=1S/C23H15Cl2NO4S2/c24-17-8-4-14(11-18(17)25)19-9-7-16(30-19)12-20-22(29)26(23(31)32-20)15-5-1-13(2-6-15)3-10-21(27)28/h1-2,4-9,11-12H,3,10H2,(H,27,28). The highest BCUT2D eigenvalue weighted by Gasteiger charge is 2.33. The summed E-state index contributed by atoms with van der Waals surface area (Å²) in [7, 11) is 0. The Morgan fingerprint density at radius 1 is 1.09 bits per heavy atom. The third kappa shape index (κ3) is 4.91. The van der Waals surface area contributed by atoms with Crippen LogP contribution >= 0.6 is 47.2 Å². The van der Waals surface area contributed by atoms with Crippen molar-refractivity contribution in [2.45, 2.75) is 12.8 Å². The van der Waals surface area contributed by atoms with E-state index >= 15 is 0 Å². The first-order valence-corrected chi connectivity index (χ1v) is 11.4. The van der Waals surface area contributed by atoms with Crippen LogP contribution in [0.5, 0.6) is 0 Å². The molecular formula is C23H15Cl2NO4S2. The van der Waals surface area contributed by atoms with Crippen molar-refractivity contribution < 1.29 is 19.1 Å². The molecule has 0 saturated carbocycles. The molecule has 5 nitrogen and oxygen atoms in total. The van der Waals surface area contributed by atoms with Crippen LogP contribution in [0.1, 0.15) is 17.7 Å². The minimum absolute atomic E-state index is 0.0521. The highest BCUT2D eigenvalue weighted by atomic mass is 35.5. The summed E-state index contributed by atoms with van der Waals surface area (Å²) in [6.07, 6.45) is 2.13. The van der Waals surface area contributed by atoms with E-state index < -0.39 is 5.97 Å². The molecule has 0 radical (unpaired) electrons. The number of carboxylic acid groups (broad SMARTS) is 1. The fourth-order valence-corrected chi connectivity index (χ4v) is 4.69. The Balaban J connectivity index is 1.52. The van der Waals surface area contributed by atoms with Gasteiger partial charge in [-0.05, 0) is 54.4 Å². The number of carbonyl (C=O) groups is 2. The molecule has 9 heteroatoms. The zero-order chi connectivity index (χ0) is 22.8. The number of benzene rings is 2. The number of aryl methyl sites for hydroxylation is 1. The number of hydrogen-bond donors (Lipinski definition) is 1. The first-order chi connectivity index (χ1) is 15.3. The molecule has 1 aliphatic heterocycles. The van der Waals surface area contributed by atoms with Gasteiger partial charge in [0.25, 0.3) is 5.91 Å². The van der Waals surface area contributed by atoms with Gasteiger partial charge in [-0.2, -0.15) is 0 Å². The third-order valence-corrected chi connectivity index (χ3v) is 6.76. The second-order valence-electron chi connectivity index (χ2n) is 6.91. The highest BCUT2D eigenvalue weighted by Crippen LogP contribution is 2.37. The quantitative estimate of drug-likeness (QED) is 0.299. The number of thioether (sulfide) groups is 1. The summed E-state index contributed by atoms with van der Waals surface area (Å²) in [4.78, 5) is 25.6. The Labute approximate surface area is 203 Å². The summed E-state index contributed by atoms with van der Waals surface area (Å²) in [6, 6.07) is 15.9. The highest BCUT2D eigenvalue weighted by molar-refractivity contribution is 8.27.